The number of hydrazone groups is 1. The number of fused-ring (bicyclic) bond motifs is 1. The average molecular weight is 684 g/mol. The number of aromatic carboxylic acids is 1. The molecule has 0 fully saturated rings. The van der Waals surface area contributed by atoms with Crippen LogP contribution in [0, 0.1) is 10.1 Å². The number of amidine groups is 1. The van der Waals surface area contributed by atoms with E-state index in [4.69, 9.17) is 25.8 Å². The topological polar surface area (TPSA) is 220 Å². The molecule has 258 valence electrons. The largest absolute Gasteiger partial charge is 0.515 e. The van der Waals surface area contributed by atoms with Crippen molar-refractivity contribution in [1.29, 1.82) is 0 Å². The molecule has 0 aliphatic carbocycles. The molecule has 16 nitrogen and oxygen atoms in total. The molecule has 0 saturated carbocycles. The summed E-state index contributed by atoms with van der Waals surface area (Å²) in [6.45, 7) is 3.52. The number of carboxylic acids is 1. The fraction of sp³-hybridized carbons (Fsp3) is 0.176. The van der Waals surface area contributed by atoms with E-state index < -0.39 is 30.0 Å². The van der Waals surface area contributed by atoms with Gasteiger partial charge < -0.3 is 29.9 Å². The van der Waals surface area contributed by atoms with E-state index in [9.17, 15) is 24.8 Å². The van der Waals surface area contributed by atoms with Gasteiger partial charge in [-0.15, -0.1) is 15.2 Å². The van der Waals surface area contributed by atoms with Crippen molar-refractivity contribution in [3.63, 3.8) is 0 Å². The highest BCUT2D eigenvalue weighted by atomic mass is 16.9. The summed E-state index contributed by atoms with van der Waals surface area (Å²) in [5.74, 6) is 5.05. The number of hydrogen-bond donors (Lipinski definition) is 3. The predicted octanol–water partition coefficient (Wildman–Crippen LogP) is 4.91. The highest BCUT2D eigenvalue weighted by Gasteiger charge is 2.21. The molecule has 5 rings (SSSR count). The molecule has 1 aromatic heterocycles. The summed E-state index contributed by atoms with van der Waals surface area (Å²) >= 11 is 0. The third-order valence-corrected chi connectivity index (χ3v) is 7.40. The lowest BCUT2D eigenvalue weighted by Crippen LogP contribution is -2.40. The summed E-state index contributed by atoms with van der Waals surface area (Å²) < 4.78 is 17.9. The van der Waals surface area contributed by atoms with Crippen LogP contribution in [0.5, 0.6) is 11.8 Å². The zero-order chi connectivity index (χ0) is 35.8. The maximum Gasteiger partial charge on any atom is 0.515 e. The zero-order valence-corrected chi connectivity index (χ0v) is 27.0. The second-order valence-corrected chi connectivity index (χ2v) is 10.7. The second-order valence-electron chi connectivity index (χ2n) is 10.7. The number of imidazole rings is 1. The molecule has 0 aliphatic heterocycles. The Morgan fingerprint density at radius 2 is 1.72 bits per heavy atom. The van der Waals surface area contributed by atoms with Gasteiger partial charge in [-0.1, -0.05) is 72.8 Å². The van der Waals surface area contributed by atoms with E-state index in [-0.39, 0.29) is 22.7 Å². The first kappa shape index (κ1) is 34.6. The Morgan fingerprint density at radius 3 is 2.44 bits per heavy atom. The molecule has 0 aliphatic rings. The van der Waals surface area contributed by atoms with E-state index in [1.807, 2.05) is 43.3 Å². The first-order chi connectivity index (χ1) is 24.0. The fourth-order valence-corrected chi connectivity index (χ4v) is 5.06. The molecule has 0 radical (unpaired) electrons. The Balaban J connectivity index is 1.30. The summed E-state index contributed by atoms with van der Waals surface area (Å²) in [6, 6.07) is 26.2. The van der Waals surface area contributed by atoms with Crippen LogP contribution in [-0.2, 0) is 22.7 Å². The smallest absolute Gasteiger partial charge is 0.478 e. The summed E-state index contributed by atoms with van der Waals surface area (Å²) in [4.78, 5) is 43.9. The number of hydrogen-bond acceptors (Lipinski definition) is 12. The number of nitrogens with zero attached hydrogens (tertiary/aromatic N) is 5. The van der Waals surface area contributed by atoms with Crippen molar-refractivity contribution in [3.8, 4) is 22.9 Å². The van der Waals surface area contributed by atoms with Crippen LogP contribution in [0.1, 0.15) is 40.9 Å². The quantitative estimate of drug-likeness (QED) is 0.0207. The molecule has 0 bridgehead atoms. The van der Waals surface area contributed by atoms with Gasteiger partial charge in [0.15, 0.2) is 5.84 Å². The molecule has 5 aromatic rings. The molecule has 0 saturated heterocycles. The Labute approximate surface area is 285 Å². The Morgan fingerprint density at radius 1 is 1.02 bits per heavy atom. The monoisotopic (exact) mass is 683 g/mol. The van der Waals surface area contributed by atoms with Gasteiger partial charge in [-0.05, 0) is 48.7 Å². The SMILES string of the molecule is CCOc1nc2cccc(C(=O)O)c2n1Cc1ccc(-c2ccccc2/C(N)=N/N(N)C(C)OC(=O)Oc2ccccc2CO[N+](=O)[O-])cc1. The van der Waals surface area contributed by atoms with E-state index in [1.165, 1.54) is 25.1 Å². The minimum atomic E-state index is -1.13. The lowest BCUT2D eigenvalue weighted by Gasteiger charge is -2.22. The van der Waals surface area contributed by atoms with Gasteiger partial charge in [-0.3, -0.25) is 4.57 Å². The third kappa shape index (κ3) is 8.06. The van der Waals surface area contributed by atoms with Crippen molar-refractivity contribution in [2.45, 2.75) is 33.2 Å². The van der Waals surface area contributed by atoms with Gasteiger partial charge in [0.25, 0.3) is 11.1 Å². The Hall–Kier alpha value is -6.68. The number of benzene rings is 4. The first-order valence-corrected chi connectivity index (χ1v) is 15.2. The number of ether oxygens (including phenoxy) is 3. The van der Waals surface area contributed by atoms with Crippen LogP contribution < -0.4 is 21.1 Å². The summed E-state index contributed by atoms with van der Waals surface area (Å²) in [5, 5.41) is 24.5. The molecule has 50 heavy (non-hydrogen) atoms. The van der Waals surface area contributed by atoms with E-state index in [1.54, 1.807) is 41.0 Å². The maximum atomic E-state index is 12.5. The molecule has 1 atom stereocenters. The van der Waals surface area contributed by atoms with E-state index in [0.29, 0.717) is 35.8 Å². The Bertz CT molecular complexity index is 2050. The molecule has 1 unspecified atom stereocenters. The molecule has 16 heteroatoms. The van der Waals surface area contributed by atoms with Crippen LogP contribution in [0.25, 0.3) is 22.2 Å². The lowest BCUT2D eigenvalue weighted by molar-refractivity contribution is -0.763. The normalized spacial score (nSPS) is 11.9. The number of hydrazine groups is 1. The van der Waals surface area contributed by atoms with Crippen LogP contribution in [0.3, 0.4) is 0 Å². The number of carboxylic acid groups (broad SMARTS) is 1. The molecular weight excluding hydrogens is 650 g/mol. The van der Waals surface area contributed by atoms with Crippen molar-refractivity contribution in [3.05, 3.63) is 123 Å². The lowest BCUT2D eigenvalue weighted by atomic mass is 9.98. The van der Waals surface area contributed by atoms with Crippen molar-refractivity contribution in [1.82, 2.24) is 14.7 Å². The number of carbonyl (C=O) groups excluding carboxylic acids is 1. The maximum absolute atomic E-state index is 12.5. The standard InChI is InChI=1S/C34H33N7O9/c1-3-47-33-37-28-13-8-12-27(32(42)43)30(28)39(33)19-22-15-17-23(18-16-22)25-10-5-6-11-26(25)31(35)38-40(36)21(2)49-34(44)50-29-14-7-4-9-24(29)20-48-41(45)46/h4-18,21H,3,19-20,36H2,1-2H3,(H2,35,38)(H,42,43). The summed E-state index contributed by atoms with van der Waals surface area (Å²) in [7, 11) is 0. The minimum Gasteiger partial charge on any atom is -0.478 e. The van der Waals surface area contributed by atoms with Crippen LogP contribution in [-0.4, -0.2) is 55.7 Å². The molecule has 4 aromatic carbocycles. The second kappa shape index (κ2) is 15.5. The van der Waals surface area contributed by atoms with Crippen LogP contribution >= 0.6 is 0 Å². The van der Waals surface area contributed by atoms with Crippen LogP contribution in [0.4, 0.5) is 4.79 Å². The van der Waals surface area contributed by atoms with E-state index in [0.717, 1.165) is 21.8 Å². The zero-order valence-electron chi connectivity index (χ0n) is 27.0. The van der Waals surface area contributed by atoms with Gasteiger partial charge in [-0.25, -0.2) is 15.4 Å². The fourth-order valence-electron chi connectivity index (χ4n) is 5.06. The number of nitrogens with two attached hydrogens (primary N) is 2. The number of carbonyl (C=O) groups is 2. The van der Waals surface area contributed by atoms with Gasteiger partial charge in [0.1, 0.15) is 12.4 Å². The van der Waals surface area contributed by atoms with Gasteiger partial charge >= 0.3 is 12.1 Å². The van der Waals surface area contributed by atoms with Crippen molar-refractivity contribution >= 4 is 29.0 Å². The molecule has 1 heterocycles. The highest BCUT2D eigenvalue weighted by Crippen LogP contribution is 2.28. The highest BCUT2D eigenvalue weighted by molar-refractivity contribution is 6.03. The van der Waals surface area contributed by atoms with Gasteiger partial charge in [0, 0.05) is 11.1 Å². The van der Waals surface area contributed by atoms with Gasteiger partial charge in [0.2, 0.25) is 6.23 Å². The number of rotatable bonds is 14. The van der Waals surface area contributed by atoms with Gasteiger partial charge in [-0.2, -0.15) is 10.1 Å². The first-order valence-electron chi connectivity index (χ1n) is 15.2. The third-order valence-electron chi connectivity index (χ3n) is 7.40. The van der Waals surface area contributed by atoms with Crippen molar-refractivity contribution in [2.75, 3.05) is 6.61 Å². The molecule has 5 N–H and O–H groups in total. The van der Waals surface area contributed by atoms with E-state index in [2.05, 4.69) is 14.9 Å². The van der Waals surface area contributed by atoms with Crippen molar-refractivity contribution in [2.24, 2.45) is 16.7 Å². The number of para-hydroxylation sites is 2. The van der Waals surface area contributed by atoms with Crippen LogP contribution in [0.2, 0.25) is 0 Å². The number of aromatic nitrogens is 2. The van der Waals surface area contributed by atoms with Crippen LogP contribution in [0.15, 0.2) is 96.1 Å². The predicted molar refractivity (Wildman–Crippen MR) is 180 cm³/mol. The molecule has 0 amide bonds. The molecular formula is C34H33N7O9. The Kier molecular flexibility index (Phi) is 10.7. The average Bonchev–Trinajstić information content (AvgIpc) is 3.44. The van der Waals surface area contributed by atoms with E-state index >= 15 is 0 Å². The van der Waals surface area contributed by atoms with Crippen molar-refractivity contribution < 1.29 is 38.8 Å². The molecule has 0 spiro atoms. The summed E-state index contributed by atoms with van der Waals surface area (Å²) in [6.07, 6.45) is -2.26. The minimum absolute atomic E-state index is 0.0104. The summed E-state index contributed by atoms with van der Waals surface area (Å²) in [5.41, 5.74) is 10.7. The van der Waals surface area contributed by atoms with Gasteiger partial charge in [0.05, 0.1) is 29.7 Å².